The summed E-state index contributed by atoms with van der Waals surface area (Å²) in [7, 11) is 0. The van der Waals surface area contributed by atoms with Crippen molar-refractivity contribution in [1.29, 1.82) is 0 Å². The Morgan fingerprint density at radius 1 is 1.67 bits per heavy atom. The van der Waals surface area contributed by atoms with E-state index in [0.29, 0.717) is 6.10 Å². The lowest BCUT2D eigenvalue weighted by atomic mass is 10.4. The Balaban J connectivity index is 2.28. The first-order valence-electron chi connectivity index (χ1n) is 2.73. The summed E-state index contributed by atoms with van der Waals surface area (Å²) in [5.41, 5.74) is 0. The minimum absolute atomic E-state index is 0.418. The molecule has 0 N–H and O–H groups in total. The van der Waals surface area contributed by atoms with Crippen molar-refractivity contribution in [1.82, 2.24) is 0 Å². The molecule has 1 fully saturated rings. The lowest BCUT2D eigenvalue weighted by Crippen LogP contribution is -1.65. The Hall–Kier alpha value is 0.140. The summed E-state index contributed by atoms with van der Waals surface area (Å²) >= 11 is 5.14. The Bertz CT molecular complexity index is 217. The summed E-state index contributed by atoms with van der Waals surface area (Å²) in [6.07, 6.45) is 0.418. The van der Waals surface area contributed by atoms with Crippen LogP contribution in [0.4, 0.5) is 0 Å². The summed E-state index contributed by atoms with van der Waals surface area (Å²) in [6.45, 7) is 0.910. The molecule has 3 heteroatoms. The summed E-state index contributed by atoms with van der Waals surface area (Å²) in [5, 5.41) is 0. The molecule has 1 aliphatic rings. The van der Waals surface area contributed by atoms with Crippen LogP contribution in [0.1, 0.15) is 11.0 Å². The molecule has 9 heavy (non-hydrogen) atoms. The number of thiophene rings is 1. The molecule has 1 nitrogen and oxygen atoms in total. The molecule has 48 valence electrons. The fraction of sp³-hybridized carbons (Fsp3) is 0.333. The van der Waals surface area contributed by atoms with Crippen molar-refractivity contribution in [2.24, 2.45) is 0 Å². The van der Waals surface area contributed by atoms with Gasteiger partial charge in [-0.05, 0) is 28.1 Å². The summed E-state index contributed by atoms with van der Waals surface area (Å²) < 4.78 is 6.29. The Kier molecular flexibility index (Phi) is 1.36. The molecule has 0 saturated carbocycles. The van der Waals surface area contributed by atoms with Gasteiger partial charge in [0.05, 0.1) is 10.4 Å². The van der Waals surface area contributed by atoms with Crippen molar-refractivity contribution in [3.63, 3.8) is 0 Å². The van der Waals surface area contributed by atoms with E-state index in [1.165, 1.54) is 8.66 Å². The van der Waals surface area contributed by atoms with Crippen LogP contribution in [0.15, 0.2) is 15.9 Å². The average Bonchev–Trinajstić information content (AvgIpc) is 2.58. The Morgan fingerprint density at radius 2 is 2.44 bits per heavy atom. The topological polar surface area (TPSA) is 12.5 Å². The number of hydrogen-bond donors (Lipinski definition) is 0. The van der Waals surface area contributed by atoms with Gasteiger partial charge >= 0.3 is 0 Å². The molecule has 0 radical (unpaired) electrons. The third kappa shape index (κ3) is 1.18. The van der Waals surface area contributed by atoms with Crippen molar-refractivity contribution >= 4 is 27.3 Å². The zero-order valence-corrected chi connectivity index (χ0v) is 7.04. The standard InChI is InChI=1S/C6H5BrOS/c7-6-2-1-5(9-6)4-3-8-4/h1-2,4H,3H2/t4-/m1/s1. The first-order valence-corrected chi connectivity index (χ1v) is 4.34. The maximum absolute atomic E-state index is 5.10. The molecule has 0 amide bonds. The summed E-state index contributed by atoms with van der Waals surface area (Å²) in [4.78, 5) is 1.34. The van der Waals surface area contributed by atoms with Crippen LogP contribution < -0.4 is 0 Å². The van der Waals surface area contributed by atoms with Crippen LogP contribution in [0.2, 0.25) is 0 Å². The van der Waals surface area contributed by atoms with Gasteiger partial charge in [0.1, 0.15) is 6.10 Å². The highest BCUT2D eigenvalue weighted by molar-refractivity contribution is 9.11. The van der Waals surface area contributed by atoms with Crippen molar-refractivity contribution in [2.75, 3.05) is 6.61 Å². The molecule has 1 aromatic heterocycles. The van der Waals surface area contributed by atoms with Gasteiger partial charge in [-0.25, -0.2) is 0 Å². The zero-order chi connectivity index (χ0) is 6.27. The van der Waals surface area contributed by atoms with Gasteiger partial charge in [0.2, 0.25) is 0 Å². The smallest absolute Gasteiger partial charge is 0.115 e. The zero-order valence-electron chi connectivity index (χ0n) is 4.63. The van der Waals surface area contributed by atoms with Crippen LogP contribution >= 0.6 is 27.3 Å². The monoisotopic (exact) mass is 204 g/mol. The maximum Gasteiger partial charge on any atom is 0.115 e. The summed E-state index contributed by atoms with van der Waals surface area (Å²) in [5.74, 6) is 0. The highest BCUT2D eigenvalue weighted by Crippen LogP contribution is 2.36. The second-order valence-corrected chi connectivity index (χ2v) is 4.46. The quantitative estimate of drug-likeness (QED) is 0.642. The van der Waals surface area contributed by atoms with Gasteiger partial charge in [-0.15, -0.1) is 11.3 Å². The van der Waals surface area contributed by atoms with E-state index >= 15 is 0 Å². The third-order valence-corrected chi connectivity index (χ3v) is 2.96. The molecular weight excluding hydrogens is 200 g/mol. The maximum atomic E-state index is 5.10. The number of halogens is 1. The van der Waals surface area contributed by atoms with Gasteiger partial charge in [0, 0.05) is 4.88 Å². The van der Waals surface area contributed by atoms with Gasteiger partial charge < -0.3 is 4.74 Å². The van der Waals surface area contributed by atoms with E-state index in [0.717, 1.165) is 6.61 Å². The number of ether oxygens (including phenoxy) is 1. The fourth-order valence-electron chi connectivity index (χ4n) is 0.714. The van der Waals surface area contributed by atoms with E-state index in [1.807, 2.05) is 0 Å². The first-order chi connectivity index (χ1) is 4.36. The van der Waals surface area contributed by atoms with E-state index in [4.69, 9.17) is 4.74 Å². The van der Waals surface area contributed by atoms with Gasteiger partial charge in [0.15, 0.2) is 0 Å². The van der Waals surface area contributed by atoms with Crippen LogP contribution in [-0.2, 0) is 4.74 Å². The molecular formula is C6H5BrOS. The highest BCUT2D eigenvalue weighted by atomic mass is 79.9. The molecule has 0 unspecified atom stereocenters. The first kappa shape index (κ1) is 5.89. The molecule has 0 aromatic carbocycles. The van der Waals surface area contributed by atoms with Gasteiger partial charge in [-0.1, -0.05) is 0 Å². The van der Waals surface area contributed by atoms with Crippen LogP contribution in [0, 0.1) is 0 Å². The molecule has 0 bridgehead atoms. The van der Waals surface area contributed by atoms with Crippen molar-refractivity contribution in [2.45, 2.75) is 6.10 Å². The second-order valence-electron chi connectivity index (χ2n) is 1.96. The van der Waals surface area contributed by atoms with E-state index in [1.54, 1.807) is 11.3 Å². The van der Waals surface area contributed by atoms with Crippen molar-refractivity contribution in [3.05, 3.63) is 20.8 Å². The molecule has 2 heterocycles. The van der Waals surface area contributed by atoms with Crippen LogP contribution in [0.5, 0.6) is 0 Å². The van der Waals surface area contributed by atoms with Crippen molar-refractivity contribution < 1.29 is 4.74 Å². The molecule has 0 aliphatic carbocycles. The largest absolute Gasteiger partial charge is 0.367 e. The Morgan fingerprint density at radius 3 is 2.89 bits per heavy atom. The van der Waals surface area contributed by atoms with Gasteiger partial charge in [-0.2, -0.15) is 0 Å². The average molecular weight is 205 g/mol. The van der Waals surface area contributed by atoms with E-state index in [-0.39, 0.29) is 0 Å². The van der Waals surface area contributed by atoms with E-state index < -0.39 is 0 Å². The number of rotatable bonds is 1. The van der Waals surface area contributed by atoms with Crippen LogP contribution in [0.25, 0.3) is 0 Å². The van der Waals surface area contributed by atoms with Crippen molar-refractivity contribution in [3.8, 4) is 0 Å². The lowest BCUT2D eigenvalue weighted by molar-refractivity contribution is 0.418. The number of epoxide rings is 1. The van der Waals surface area contributed by atoms with Gasteiger partial charge in [0.25, 0.3) is 0 Å². The van der Waals surface area contributed by atoms with E-state index in [9.17, 15) is 0 Å². The second kappa shape index (κ2) is 2.08. The molecule has 1 saturated heterocycles. The van der Waals surface area contributed by atoms with E-state index in [2.05, 4.69) is 28.1 Å². The number of hydrogen-bond acceptors (Lipinski definition) is 2. The molecule has 1 aliphatic heterocycles. The van der Waals surface area contributed by atoms with Gasteiger partial charge in [-0.3, -0.25) is 0 Å². The van der Waals surface area contributed by atoms with Crippen LogP contribution in [-0.4, -0.2) is 6.61 Å². The molecule has 2 rings (SSSR count). The lowest BCUT2D eigenvalue weighted by Gasteiger charge is -1.80. The Labute approximate surface area is 65.8 Å². The molecule has 0 spiro atoms. The van der Waals surface area contributed by atoms with Crippen LogP contribution in [0.3, 0.4) is 0 Å². The minimum Gasteiger partial charge on any atom is -0.367 e. The normalized spacial score (nSPS) is 24.3. The SMILES string of the molecule is Brc1ccc([C@H]2CO2)s1. The predicted octanol–water partition coefficient (Wildman–Crippen LogP) is 2.58. The highest BCUT2D eigenvalue weighted by Gasteiger charge is 2.25. The predicted molar refractivity (Wildman–Crippen MR) is 40.7 cm³/mol. The molecule has 1 atom stereocenters. The fourth-order valence-corrected chi connectivity index (χ4v) is 2.17. The third-order valence-electron chi connectivity index (χ3n) is 1.24. The minimum atomic E-state index is 0.418. The molecule has 1 aromatic rings. The summed E-state index contributed by atoms with van der Waals surface area (Å²) in [6, 6.07) is 4.16.